The summed E-state index contributed by atoms with van der Waals surface area (Å²) in [4.78, 5) is 185. The number of carbonyl (C=O) groups excluding carboxylic acids is 12. The number of unbranched alkanes of at least 4 members (excludes halogenated alkanes) is 1. The van der Waals surface area contributed by atoms with Gasteiger partial charge < -0.3 is 79.8 Å². The average Bonchev–Trinajstić information content (AvgIpc) is 0.816. The van der Waals surface area contributed by atoms with Crippen LogP contribution < -0.4 is 21.3 Å². The number of hydrogen-bond acceptors (Lipinski definition) is 16. The number of amides is 12. The Hall–Kier alpha value is -6.94. The van der Waals surface area contributed by atoms with Crippen LogP contribution in [0.5, 0.6) is 0 Å². The molecule has 0 aliphatic carbocycles. The quantitative estimate of drug-likeness (QED) is 0.0864. The Balaban J connectivity index is 2.95. The smallest absolute Gasteiger partial charge is 0.409 e. The molecule has 13 atom stereocenters. The van der Waals surface area contributed by atoms with Crippen LogP contribution in [-0.2, 0) is 67.0 Å². The zero-order valence-electron chi connectivity index (χ0n) is 62.6. The lowest BCUT2D eigenvalue weighted by atomic mass is 9.91. The maximum absolute atomic E-state index is 15.3. The number of allylic oxidation sites excluding steroid dienone is 2. The topological polar surface area (TPSA) is 327 Å². The largest absolute Gasteiger partial charge is 0.449 e. The summed E-state index contributed by atoms with van der Waals surface area (Å²) in [7, 11) is 9.72. The molecule has 0 spiro atoms. The van der Waals surface area contributed by atoms with Crippen molar-refractivity contribution in [1.29, 1.82) is 0 Å². The van der Waals surface area contributed by atoms with E-state index in [1.165, 1.54) is 82.8 Å². The first-order valence-corrected chi connectivity index (χ1v) is 34.7. The number of rotatable bonds is 20. The molecule has 12 amide bonds. The van der Waals surface area contributed by atoms with E-state index in [1.54, 1.807) is 72.4 Å². The first-order valence-electron chi connectivity index (χ1n) is 34.7. The Morgan fingerprint density at radius 2 is 1.03 bits per heavy atom. The number of nitrogens with zero attached hydrogens (tertiary/aromatic N) is 8. The fourth-order valence-electron chi connectivity index (χ4n) is 12.0. The summed E-state index contributed by atoms with van der Waals surface area (Å²) < 4.78 is 17.0. The van der Waals surface area contributed by atoms with Crippen molar-refractivity contribution in [1.82, 2.24) is 60.5 Å². The van der Waals surface area contributed by atoms with Gasteiger partial charge in [0.25, 0.3) is 0 Å². The molecule has 5 N–H and O–H groups in total. The molecule has 28 nitrogen and oxygen atoms in total. The number of likely N-dealkylation sites (N-methyl/N-ethyl adjacent to an activating group) is 7. The molecule has 0 aromatic rings. The minimum absolute atomic E-state index is 0.0288. The fourth-order valence-corrected chi connectivity index (χ4v) is 12.0. The van der Waals surface area contributed by atoms with E-state index < -0.39 is 168 Å². The van der Waals surface area contributed by atoms with Gasteiger partial charge in [0.05, 0.1) is 38.6 Å². The van der Waals surface area contributed by atoms with Crippen LogP contribution in [0.25, 0.3) is 0 Å². The highest BCUT2D eigenvalue weighted by Gasteiger charge is 2.46. The molecule has 2 aliphatic heterocycles. The van der Waals surface area contributed by atoms with Crippen molar-refractivity contribution in [3.63, 3.8) is 0 Å². The molecule has 2 fully saturated rings. The molecular formula is C69H122N12O16. The Morgan fingerprint density at radius 3 is 1.55 bits per heavy atom. The molecule has 2 saturated heterocycles. The molecule has 0 bridgehead atoms. The molecule has 554 valence electrons. The van der Waals surface area contributed by atoms with Crippen molar-refractivity contribution in [2.45, 2.75) is 228 Å². The second kappa shape index (κ2) is 40.8. The van der Waals surface area contributed by atoms with Gasteiger partial charge in [-0.05, 0) is 108 Å². The normalized spacial score (nSPS) is 26.2. The lowest BCUT2D eigenvalue weighted by Gasteiger charge is -2.41. The minimum atomic E-state index is -1.66. The number of ether oxygens (including phenoxy) is 3. The van der Waals surface area contributed by atoms with Crippen molar-refractivity contribution in [3.05, 3.63) is 12.2 Å². The average molecular weight is 1380 g/mol. The molecule has 0 aromatic carbocycles. The number of hydrogen-bond donors (Lipinski definition) is 5. The van der Waals surface area contributed by atoms with Crippen LogP contribution >= 0.6 is 0 Å². The molecule has 2 rings (SSSR count). The summed E-state index contributed by atoms with van der Waals surface area (Å²) in [6.07, 6.45) is 1.85. The molecular weight excluding hydrogens is 1250 g/mol. The summed E-state index contributed by atoms with van der Waals surface area (Å²) in [5.41, 5.74) is 0. The van der Waals surface area contributed by atoms with Gasteiger partial charge in [0.1, 0.15) is 60.4 Å². The van der Waals surface area contributed by atoms with Gasteiger partial charge in [0.15, 0.2) is 0 Å². The van der Waals surface area contributed by atoms with E-state index in [0.29, 0.717) is 39.1 Å². The number of aliphatic hydroxyl groups excluding tert-OH is 1. The molecule has 0 saturated carbocycles. The Morgan fingerprint density at radius 1 is 0.546 bits per heavy atom. The minimum Gasteiger partial charge on any atom is -0.449 e. The van der Waals surface area contributed by atoms with Crippen molar-refractivity contribution >= 4 is 71.1 Å². The van der Waals surface area contributed by atoms with E-state index in [-0.39, 0.29) is 63.1 Å². The second-order valence-electron chi connectivity index (χ2n) is 28.4. The first-order chi connectivity index (χ1) is 45.2. The number of nitrogens with one attached hydrogen (secondary N) is 4. The van der Waals surface area contributed by atoms with Crippen molar-refractivity contribution in [2.75, 3.05) is 95.4 Å². The summed E-state index contributed by atoms with van der Waals surface area (Å²) in [5, 5.41) is 23.1. The second-order valence-corrected chi connectivity index (χ2v) is 28.4. The SMILES string of the molecule is C/C=C/C[C@@H](C)[C@@H](O)[C@H]1C(=O)N[C@@H](CC)C(=O)N(C)CC(=O)N(C)[C@@H]([C@@H](C)OCCCCOC(=O)N2CCOCC2)C(=O)N[C@@H](C(C)C)C(=O)N(C)[C@@H](CC(C)C)C(=O)N[C@@H](C)C(=O)N[C@H](C)C(=O)N(C)[C@@H](CC(C)C)C(=O)N(C)[C@H](CC(C)C)C(=O)N(C)[C@@H](C(C)C)C(=O)N1C. The van der Waals surface area contributed by atoms with E-state index in [4.69, 9.17) is 14.2 Å². The number of carbonyl (C=O) groups is 12. The van der Waals surface area contributed by atoms with Gasteiger partial charge in [-0.15, -0.1) is 0 Å². The molecule has 0 unspecified atom stereocenters. The van der Waals surface area contributed by atoms with Crippen LogP contribution in [0.3, 0.4) is 0 Å². The fraction of sp³-hybridized carbons (Fsp3) is 0.797. The maximum Gasteiger partial charge on any atom is 0.409 e. The first kappa shape index (κ1) is 86.1. The van der Waals surface area contributed by atoms with E-state index in [1.807, 2.05) is 41.5 Å². The summed E-state index contributed by atoms with van der Waals surface area (Å²) in [6, 6.07) is -13.1. The highest BCUT2D eigenvalue weighted by atomic mass is 16.6. The van der Waals surface area contributed by atoms with Crippen LogP contribution in [0.4, 0.5) is 4.79 Å². The predicted molar refractivity (Wildman–Crippen MR) is 367 cm³/mol. The van der Waals surface area contributed by atoms with Crippen molar-refractivity contribution in [2.24, 2.45) is 35.5 Å². The summed E-state index contributed by atoms with van der Waals surface area (Å²) >= 11 is 0. The van der Waals surface area contributed by atoms with Crippen molar-refractivity contribution < 1.29 is 76.9 Å². The van der Waals surface area contributed by atoms with Crippen LogP contribution in [0.15, 0.2) is 12.2 Å². The third-order valence-electron chi connectivity index (χ3n) is 18.2. The third-order valence-corrected chi connectivity index (χ3v) is 18.2. The summed E-state index contributed by atoms with van der Waals surface area (Å²) in [5.74, 6) is -10.4. The van der Waals surface area contributed by atoms with Gasteiger partial charge in [0.2, 0.25) is 65.0 Å². The maximum atomic E-state index is 15.3. The standard InChI is InChI=1S/C69H122N12O16/c1-24-26-29-45(13)58(83)57-62(87)72-49(25-2)64(89)74(17)39-53(82)78(21)56(48(16)96-32-27-28-33-97-69(94)81-30-34-95-35-31-81)61(86)73-54(43(9)10)67(92)75(18)50(36-40(3)4)60(85)70-46(14)59(84)71-47(15)63(88)76(19)51(37-41(5)6)65(90)77(20)52(38-42(7)8)66(91)79(22)55(44(11)12)68(93)80(57)23/h24,26,40-52,54-58,83H,25,27-39H2,1-23H3,(H,70,85)(H,71,84)(H,72,87)(H,73,86)/b26-24+/t45-,46+,47-,48-,49+,50+,51+,52-,54+,55+,56+,57+,58-/m1/s1. The van der Waals surface area contributed by atoms with Gasteiger partial charge in [0, 0.05) is 69.0 Å². The van der Waals surface area contributed by atoms with Gasteiger partial charge in [-0.25, -0.2) is 4.79 Å². The van der Waals surface area contributed by atoms with Gasteiger partial charge in [-0.2, -0.15) is 0 Å². The van der Waals surface area contributed by atoms with Gasteiger partial charge >= 0.3 is 6.09 Å². The predicted octanol–water partition coefficient (Wildman–Crippen LogP) is 2.88. The highest BCUT2D eigenvalue weighted by molar-refractivity contribution is 5.99. The van der Waals surface area contributed by atoms with E-state index >= 15 is 14.4 Å². The van der Waals surface area contributed by atoms with Crippen LogP contribution in [0, 0.1) is 35.5 Å². The molecule has 2 aliphatic rings. The third kappa shape index (κ3) is 25.1. The number of morpholine rings is 1. The Kier molecular flexibility index (Phi) is 36.3. The monoisotopic (exact) mass is 1370 g/mol. The number of aliphatic hydroxyl groups is 1. The lowest BCUT2D eigenvalue weighted by molar-refractivity contribution is -0.157. The zero-order valence-corrected chi connectivity index (χ0v) is 62.6. The molecule has 97 heavy (non-hydrogen) atoms. The highest BCUT2D eigenvalue weighted by Crippen LogP contribution is 2.26. The Labute approximate surface area is 577 Å². The molecule has 28 heteroatoms. The summed E-state index contributed by atoms with van der Waals surface area (Å²) in [6.45, 7) is 28.5. The molecule has 0 radical (unpaired) electrons. The van der Waals surface area contributed by atoms with E-state index in [0.717, 1.165) is 14.7 Å². The molecule has 2 heterocycles. The van der Waals surface area contributed by atoms with E-state index in [9.17, 15) is 48.3 Å². The lowest BCUT2D eigenvalue weighted by Crippen LogP contribution is -2.63. The zero-order chi connectivity index (χ0) is 74.2. The van der Waals surface area contributed by atoms with Crippen molar-refractivity contribution in [3.8, 4) is 0 Å². The van der Waals surface area contributed by atoms with Crippen LogP contribution in [0.2, 0.25) is 0 Å². The van der Waals surface area contributed by atoms with Gasteiger partial charge in [-0.1, -0.05) is 95.2 Å². The van der Waals surface area contributed by atoms with E-state index in [2.05, 4.69) is 21.3 Å². The van der Waals surface area contributed by atoms with Crippen LogP contribution in [0.1, 0.15) is 156 Å². The van der Waals surface area contributed by atoms with Gasteiger partial charge in [-0.3, -0.25) is 52.7 Å². The molecule has 0 aromatic heterocycles. The van der Waals surface area contributed by atoms with Crippen LogP contribution in [-0.4, -0.2) is 283 Å². The Bertz CT molecular complexity index is 2670.